The molecule has 0 aliphatic rings. The van der Waals surface area contributed by atoms with Crippen LogP contribution in [0.4, 0.5) is 0 Å². The first-order valence-corrected chi connectivity index (χ1v) is 4.77. The van der Waals surface area contributed by atoms with Crippen LogP contribution in [0.25, 0.3) is 6.08 Å². The zero-order valence-corrected chi connectivity index (χ0v) is 9.14. The van der Waals surface area contributed by atoms with Crippen LogP contribution >= 0.6 is 0 Å². The molecule has 4 heteroatoms. The molecule has 0 amide bonds. The van der Waals surface area contributed by atoms with E-state index in [2.05, 4.69) is 0 Å². The summed E-state index contributed by atoms with van der Waals surface area (Å²) in [6, 6.07) is 4.61. The van der Waals surface area contributed by atoms with Crippen molar-refractivity contribution in [3.8, 4) is 5.75 Å². The van der Waals surface area contributed by atoms with Crippen LogP contribution < -0.4 is 0 Å². The Morgan fingerprint density at radius 2 is 2.00 bits per heavy atom. The largest absolute Gasteiger partial charge is 0.508 e. The van der Waals surface area contributed by atoms with Crippen molar-refractivity contribution >= 4 is 12.0 Å². The maximum Gasteiger partial charge on any atom is 0.328 e. The fraction of sp³-hybridized carbons (Fsp3) is 0.250. The summed E-state index contributed by atoms with van der Waals surface area (Å²) in [7, 11) is 0. The van der Waals surface area contributed by atoms with Crippen molar-refractivity contribution in [2.45, 2.75) is 19.4 Å². The molecule has 0 fully saturated rings. The van der Waals surface area contributed by atoms with Gasteiger partial charge in [0.1, 0.15) is 5.75 Å². The number of carbonyl (C=O) groups is 1. The number of aliphatic hydroxyl groups is 1. The Labute approximate surface area is 93.5 Å². The molecule has 4 nitrogen and oxygen atoms in total. The highest BCUT2D eigenvalue weighted by atomic mass is 16.4. The molecule has 0 unspecified atom stereocenters. The number of hydrogen-bond donors (Lipinski definition) is 3. The number of aliphatic carboxylic acids is 1. The lowest BCUT2D eigenvalue weighted by atomic mass is 9.96. The van der Waals surface area contributed by atoms with Crippen LogP contribution in [0, 0.1) is 0 Å². The Morgan fingerprint density at radius 3 is 2.44 bits per heavy atom. The van der Waals surface area contributed by atoms with Crippen LogP contribution in [0.15, 0.2) is 24.3 Å². The van der Waals surface area contributed by atoms with Crippen molar-refractivity contribution in [1.29, 1.82) is 0 Å². The minimum atomic E-state index is -1.13. The van der Waals surface area contributed by atoms with Crippen molar-refractivity contribution in [3.05, 3.63) is 35.4 Å². The van der Waals surface area contributed by atoms with Gasteiger partial charge in [0.05, 0.1) is 5.60 Å². The van der Waals surface area contributed by atoms with E-state index in [-0.39, 0.29) is 5.75 Å². The quantitative estimate of drug-likeness (QED) is 0.680. The van der Waals surface area contributed by atoms with E-state index in [1.54, 1.807) is 26.0 Å². The molecular weight excluding hydrogens is 208 g/mol. The highest BCUT2D eigenvalue weighted by Crippen LogP contribution is 2.29. The highest BCUT2D eigenvalue weighted by molar-refractivity contribution is 5.85. The molecule has 0 aliphatic heterocycles. The summed E-state index contributed by atoms with van der Waals surface area (Å²) in [5.41, 5.74) is -0.160. The predicted octanol–water partition coefficient (Wildman–Crippen LogP) is 1.72. The number of carboxylic acids is 1. The summed E-state index contributed by atoms with van der Waals surface area (Å²) in [5, 5.41) is 27.8. The van der Waals surface area contributed by atoms with Gasteiger partial charge in [-0.2, -0.15) is 0 Å². The summed E-state index contributed by atoms with van der Waals surface area (Å²) in [5.74, 6) is -1.11. The number of phenols is 1. The third kappa shape index (κ3) is 3.10. The maximum absolute atomic E-state index is 10.3. The summed E-state index contributed by atoms with van der Waals surface area (Å²) >= 11 is 0. The van der Waals surface area contributed by atoms with Gasteiger partial charge in [-0.15, -0.1) is 0 Å². The molecular formula is C12H14O4. The number of carboxylic acid groups (broad SMARTS) is 1. The minimum Gasteiger partial charge on any atom is -0.508 e. The zero-order valence-electron chi connectivity index (χ0n) is 9.14. The van der Waals surface area contributed by atoms with Crippen LogP contribution in [-0.4, -0.2) is 21.3 Å². The second kappa shape index (κ2) is 4.37. The third-order valence-corrected chi connectivity index (χ3v) is 2.10. The van der Waals surface area contributed by atoms with Gasteiger partial charge >= 0.3 is 5.97 Å². The monoisotopic (exact) mass is 222 g/mol. The minimum absolute atomic E-state index is 0.0555. The van der Waals surface area contributed by atoms with E-state index in [0.717, 1.165) is 6.08 Å². The molecule has 0 spiro atoms. The molecule has 0 aromatic heterocycles. The first kappa shape index (κ1) is 12.3. The zero-order chi connectivity index (χ0) is 12.3. The van der Waals surface area contributed by atoms with E-state index < -0.39 is 11.6 Å². The van der Waals surface area contributed by atoms with Gasteiger partial charge in [-0.1, -0.05) is 12.1 Å². The topological polar surface area (TPSA) is 77.8 Å². The molecule has 0 heterocycles. The Bertz CT molecular complexity index is 427. The van der Waals surface area contributed by atoms with Crippen molar-refractivity contribution in [3.63, 3.8) is 0 Å². The van der Waals surface area contributed by atoms with Gasteiger partial charge in [0.25, 0.3) is 0 Å². The lowest BCUT2D eigenvalue weighted by Gasteiger charge is -2.19. The molecule has 1 aromatic rings. The highest BCUT2D eigenvalue weighted by Gasteiger charge is 2.19. The third-order valence-electron chi connectivity index (χ3n) is 2.10. The average Bonchev–Trinajstić information content (AvgIpc) is 2.12. The van der Waals surface area contributed by atoms with Gasteiger partial charge in [0.15, 0.2) is 0 Å². The smallest absolute Gasteiger partial charge is 0.328 e. The molecule has 0 saturated heterocycles. The molecule has 16 heavy (non-hydrogen) atoms. The Morgan fingerprint density at radius 1 is 1.38 bits per heavy atom. The normalized spacial score (nSPS) is 11.9. The van der Waals surface area contributed by atoms with Crippen LogP contribution in [0.5, 0.6) is 5.75 Å². The second-order valence-electron chi connectivity index (χ2n) is 4.01. The van der Waals surface area contributed by atoms with Crippen LogP contribution in [0.3, 0.4) is 0 Å². The van der Waals surface area contributed by atoms with Gasteiger partial charge in [-0.3, -0.25) is 0 Å². The average molecular weight is 222 g/mol. The van der Waals surface area contributed by atoms with Crippen LogP contribution in [0.1, 0.15) is 25.0 Å². The maximum atomic E-state index is 10.3. The van der Waals surface area contributed by atoms with E-state index in [4.69, 9.17) is 5.11 Å². The van der Waals surface area contributed by atoms with Crippen LogP contribution in [-0.2, 0) is 10.4 Å². The van der Waals surface area contributed by atoms with Gasteiger partial charge in [0.2, 0.25) is 0 Å². The number of benzene rings is 1. The summed E-state index contributed by atoms with van der Waals surface area (Å²) in [6.45, 7) is 3.13. The second-order valence-corrected chi connectivity index (χ2v) is 4.01. The van der Waals surface area contributed by atoms with Crippen molar-refractivity contribution in [1.82, 2.24) is 0 Å². The predicted molar refractivity (Wildman–Crippen MR) is 60.0 cm³/mol. The molecule has 86 valence electrons. The Balaban J connectivity index is 3.05. The lowest BCUT2D eigenvalue weighted by molar-refractivity contribution is -0.131. The fourth-order valence-corrected chi connectivity index (χ4v) is 1.34. The van der Waals surface area contributed by atoms with E-state index in [0.29, 0.717) is 11.1 Å². The van der Waals surface area contributed by atoms with Gasteiger partial charge in [0, 0.05) is 11.6 Å². The summed E-state index contributed by atoms with van der Waals surface area (Å²) in [4.78, 5) is 10.3. The molecule has 1 rings (SSSR count). The summed E-state index contributed by atoms with van der Waals surface area (Å²) in [6.07, 6.45) is 2.36. The van der Waals surface area contributed by atoms with Gasteiger partial charge < -0.3 is 15.3 Å². The van der Waals surface area contributed by atoms with E-state index >= 15 is 0 Å². The number of hydrogen-bond acceptors (Lipinski definition) is 3. The molecule has 0 bridgehead atoms. The van der Waals surface area contributed by atoms with E-state index in [1.165, 1.54) is 12.1 Å². The first-order valence-electron chi connectivity index (χ1n) is 4.77. The standard InChI is InChI=1S/C12H14O4/c1-12(2,16)9-5-3-8(7-10(9)13)4-6-11(14)15/h3-7,13,16H,1-2H3,(H,14,15). The molecule has 0 radical (unpaired) electrons. The van der Waals surface area contributed by atoms with Gasteiger partial charge in [-0.25, -0.2) is 4.79 Å². The Kier molecular flexibility index (Phi) is 3.34. The first-order chi connectivity index (χ1) is 7.30. The fourth-order valence-electron chi connectivity index (χ4n) is 1.34. The van der Waals surface area contributed by atoms with Crippen LogP contribution in [0.2, 0.25) is 0 Å². The number of phenolic OH excluding ortho intramolecular Hbond substituents is 1. The molecule has 0 saturated carbocycles. The molecule has 0 atom stereocenters. The number of rotatable bonds is 3. The van der Waals surface area contributed by atoms with E-state index in [1.807, 2.05) is 0 Å². The van der Waals surface area contributed by atoms with Crippen molar-refractivity contribution < 1.29 is 20.1 Å². The van der Waals surface area contributed by atoms with Crippen molar-refractivity contribution in [2.75, 3.05) is 0 Å². The summed E-state index contributed by atoms with van der Waals surface area (Å²) < 4.78 is 0. The van der Waals surface area contributed by atoms with Gasteiger partial charge in [-0.05, 0) is 31.6 Å². The Hall–Kier alpha value is -1.81. The molecule has 3 N–H and O–H groups in total. The van der Waals surface area contributed by atoms with E-state index in [9.17, 15) is 15.0 Å². The number of aromatic hydroxyl groups is 1. The SMILES string of the molecule is CC(C)(O)c1ccc(C=CC(=O)O)cc1O. The molecule has 0 aliphatic carbocycles. The lowest BCUT2D eigenvalue weighted by Crippen LogP contribution is -2.15. The molecule has 1 aromatic carbocycles. The van der Waals surface area contributed by atoms with Crippen molar-refractivity contribution in [2.24, 2.45) is 0 Å².